The van der Waals surface area contributed by atoms with Crippen LogP contribution in [0.25, 0.3) is 11.0 Å². The van der Waals surface area contributed by atoms with E-state index in [-0.39, 0.29) is 12.0 Å². The Balaban J connectivity index is 1.87. The van der Waals surface area contributed by atoms with Crippen LogP contribution in [-0.4, -0.2) is 33.4 Å². The van der Waals surface area contributed by atoms with Gasteiger partial charge in [-0.05, 0) is 55.4 Å². The molecule has 1 aromatic heterocycles. The molecule has 3 aromatic rings. The van der Waals surface area contributed by atoms with Crippen LogP contribution in [-0.2, 0) is 17.6 Å². The van der Waals surface area contributed by atoms with Gasteiger partial charge in [0.25, 0.3) is 0 Å². The topological polar surface area (TPSA) is 125 Å². The van der Waals surface area contributed by atoms with Gasteiger partial charge in [-0.3, -0.25) is 9.59 Å². The van der Waals surface area contributed by atoms with E-state index >= 15 is 0 Å². The Kier molecular flexibility index (Phi) is 13.6. The van der Waals surface area contributed by atoms with Crippen LogP contribution >= 0.6 is 11.8 Å². The van der Waals surface area contributed by atoms with Crippen molar-refractivity contribution >= 4 is 34.7 Å². The molecule has 3 N–H and O–H groups in total. The summed E-state index contributed by atoms with van der Waals surface area (Å²) in [7, 11) is 0. The molecule has 0 bridgehead atoms. The van der Waals surface area contributed by atoms with Crippen LogP contribution in [0.1, 0.15) is 117 Å². The molecule has 0 amide bonds. The lowest BCUT2D eigenvalue weighted by Gasteiger charge is -2.25. The summed E-state index contributed by atoms with van der Waals surface area (Å²) in [5, 5.41) is 29.8. The summed E-state index contributed by atoms with van der Waals surface area (Å²) in [6, 6.07) is 12.8. The number of carboxylic acids is 2. The van der Waals surface area contributed by atoms with Gasteiger partial charge in [-0.1, -0.05) is 83.1 Å². The Hall–Kier alpha value is -3.10. The molecule has 0 spiro atoms. The number of aliphatic hydroxyl groups excluding tert-OH is 1. The number of hydrogen-bond acceptors (Lipinski definition) is 6. The largest absolute Gasteiger partial charge is 0.481 e. The first-order valence-corrected chi connectivity index (χ1v) is 16.1. The van der Waals surface area contributed by atoms with Crippen molar-refractivity contribution in [1.82, 2.24) is 0 Å². The summed E-state index contributed by atoms with van der Waals surface area (Å²) in [5.41, 5.74) is 2.75. The number of aromatic carboxylic acids is 1. The second-order valence-electron chi connectivity index (χ2n) is 11.0. The normalized spacial score (nSPS) is 12.8. The molecule has 0 aliphatic heterocycles. The van der Waals surface area contributed by atoms with Gasteiger partial charge in [0, 0.05) is 22.9 Å². The highest BCUT2D eigenvalue weighted by molar-refractivity contribution is 7.99. The minimum absolute atomic E-state index is 0.0218. The monoisotopic (exact) mass is 596 g/mol. The number of aliphatic carboxylic acids is 1. The summed E-state index contributed by atoms with van der Waals surface area (Å²) in [4.78, 5) is 36.2. The van der Waals surface area contributed by atoms with Gasteiger partial charge in [-0.2, -0.15) is 0 Å². The number of fused-ring (bicyclic) bond motifs is 1. The van der Waals surface area contributed by atoms with Crippen LogP contribution in [0.3, 0.4) is 0 Å². The van der Waals surface area contributed by atoms with Gasteiger partial charge in [-0.25, -0.2) is 4.79 Å². The first-order chi connectivity index (χ1) is 20.2. The first-order valence-electron chi connectivity index (χ1n) is 15.2. The van der Waals surface area contributed by atoms with Crippen molar-refractivity contribution in [2.45, 2.75) is 114 Å². The van der Waals surface area contributed by atoms with Crippen molar-refractivity contribution in [3.63, 3.8) is 0 Å². The van der Waals surface area contributed by atoms with E-state index in [0.717, 1.165) is 41.4 Å². The van der Waals surface area contributed by atoms with Crippen LogP contribution in [0.4, 0.5) is 0 Å². The van der Waals surface area contributed by atoms with Gasteiger partial charge in [0.15, 0.2) is 5.43 Å². The molecule has 2 atom stereocenters. The zero-order valence-corrected chi connectivity index (χ0v) is 25.6. The molecule has 2 aromatic carbocycles. The lowest BCUT2D eigenvalue weighted by Crippen LogP contribution is -2.17. The molecule has 0 aliphatic rings. The average Bonchev–Trinajstić information content (AvgIpc) is 2.96. The molecule has 0 saturated carbocycles. The maximum Gasteiger partial charge on any atom is 0.371 e. The number of aryl methyl sites for hydroxylation is 2. The molecule has 7 nitrogen and oxygen atoms in total. The Morgan fingerprint density at radius 1 is 0.857 bits per heavy atom. The fraction of sp³-hybridized carbons (Fsp3) is 0.500. The number of hydrogen-bond donors (Lipinski definition) is 3. The summed E-state index contributed by atoms with van der Waals surface area (Å²) in [6.07, 6.45) is 10.9. The Labute approximate surface area is 252 Å². The molecule has 2 unspecified atom stereocenters. The SMILES string of the molecule is CCCCCCCCCc1ccc(C(Sc2ccc3c(=O)cc(C(=O)O)oc3c2CCC)C(O)CCCC(=O)O)cc1. The Morgan fingerprint density at radius 3 is 2.19 bits per heavy atom. The Bertz CT molecular complexity index is 1360. The van der Waals surface area contributed by atoms with Crippen molar-refractivity contribution in [2.24, 2.45) is 0 Å². The fourth-order valence-electron chi connectivity index (χ4n) is 5.24. The van der Waals surface area contributed by atoms with E-state index in [1.54, 1.807) is 6.07 Å². The highest BCUT2D eigenvalue weighted by atomic mass is 32.2. The van der Waals surface area contributed by atoms with Crippen LogP contribution in [0, 0.1) is 0 Å². The molecular formula is C34H44O7S. The number of unbranched alkanes of at least 4 members (excludes halogenated alkanes) is 6. The van der Waals surface area contributed by atoms with E-state index in [1.165, 1.54) is 55.9 Å². The quantitative estimate of drug-likeness (QED) is 0.0934. The Morgan fingerprint density at radius 2 is 1.55 bits per heavy atom. The minimum Gasteiger partial charge on any atom is -0.481 e. The first kappa shape index (κ1) is 33.4. The van der Waals surface area contributed by atoms with Crippen molar-refractivity contribution in [3.05, 3.63) is 75.1 Å². The molecule has 0 saturated heterocycles. The molecule has 0 aliphatic carbocycles. The summed E-state index contributed by atoms with van der Waals surface area (Å²) in [6.45, 7) is 4.22. The molecule has 1 heterocycles. The molecule has 8 heteroatoms. The summed E-state index contributed by atoms with van der Waals surface area (Å²) >= 11 is 1.44. The second kappa shape index (κ2) is 17.1. The number of benzene rings is 2. The third-order valence-corrected chi connectivity index (χ3v) is 9.02. The molecule has 42 heavy (non-hydrogen) atoms. The molecule has 0 fully saturated rings. The van der Waals surface area contributed by atoms with E-state index in [4.69, 9.17) is 9.52 Å². The third-order valence-electron chi connectivity index (χ3n) is 7.54. The van der Waals surface area contributed by atoms with Gasteiger partial charge >= 0.3 is 11.9 Å². The average molecular weight is 597 g/mol. The van der Waals surface area contributed by atoms with E-state index in [0.29, 0.717) is 24.6 Å². The number of aliphatic hydroxyl groups is 1. The van der Waals surface area contributed by atoms with Crippen molar-refractivity contribution in [2.75, 3.05) is 0 Å². The minimum atomic E-state index is -1.31. The number of carboxylic acid groups (broad SMARTS) is 2. The third kappa shape index (κ3) is 9.73. The van der Waals surface area contributed by atoms with Crippen molar-refractivity contribution in [1.29, 1.82) is 0 Å². The number of thioether (sulfide) groups is 1. The number of carbonyl (C=O) groups is 2. The van der Waals surface area contributed by atoms with Crippen LogP contribution in [0.2, 0.25) is 0 Å². The van der Waals surface area contributed by atoms with Crippen LogP contribution < -0.4 is 5.43 Å². The highest BCUT2D eigenvalue weighted by Gasteiger charge is 2.25. The zero-order chi connectivity index (χ0) is 30.5. The van der Waals surface area contributed by atoms with E-state index in [9.17, 15) is 24.6 Å². The van der Waals surface area contributed by atoms with Crippen LogP contribution in [0.5, 0.6) is 0 Å². The number of rotatable bonds is 19. The van der Waals surface area contributed by atoms with E-state index in [1.807, 2.05) is 25.1 Å². The van der Waals surface area contributed by atoms with Crippen molar-refractivity contribution < 1.29 is 29.3 Å². The molecule has 0 radical (unpaired) electrons. The smallest absolute Gasteiger partial charge is 0.371 e. The zero-order valence-electron chi connectivity index (χ0n) is 24.8. The maximum atomic E-state index is 12.7. The standard InChI is InChI=1S/C34H44O7S/c1-3-5-6-7-8-9-10-13-23-16-18-24(19-17-23)33(27(35)14-11-15-31(37)38)42-30-21-20-25-28(36)22-29(34(39)40)41-32(25)26(30)12-4-2/h16-22,27,33,35H,3-15H2,1-2H3,(H,37,38)(H,39,40). The van der Waals surface area contributed by atoms with Crippen LogP contribution in [0.15, 0.2) is 56.6 Å². The van der Waals surface area contributed by atoms with Gasteiger partial charge < -0.3 is 19.7 Å². The van der Waals surface area contributed by atoms with E-state index < -0.39 is 34.5 Å². The van der Waals surface area contributed by atoms with E-state index in [2.05, 4.69) is 19.1 Å². The lowest BCUT2D eigenvalue weighted by atomic mass is 9.99. The lowest BCUT2D eigenvalue weighted by molar-refractivity contribution is -0.137. The molecule has 3 rings (SSSR count). The summed E-state index contributed by atoms with van der Waals surface area (Å²) < 4.78 is 5.72. The molecular weight excluding hydrogens is 552 g/mol. The van der Waals surface area contributed by atoms with Crippen molar-refractivity contribution in [3.8, 4) is 0 Å². The highest BCUT2D eigenvalue weighted by Crippen LogP contribution is 2.42. The van der Waals surface area contributed by atoms with Gasteiger partial charge in [-0.15, -0.1) is 11.8 Å². The fourth-order valence-corrected chi connectivity index (χ4v) is 6.58. The van der Waals surface area contributed by atoms with Gasteiger partial charge in [0.05, 0.1) is 16.7 Å². The predicted octanol–water partition coefficient (Wildman–Crippen LogP) is 8.19. The molecule has 228 valence electrons. The predicted molar refractivity (Wildman–Crippen MR) is 168 cm³/mol. The maximum absolute atomic E-state index is 12.7. The summed E-state index contributed by atoms with van der Waals surface area (Å²) in [5.74, 6) is -2.61. The van der Waals surface area contributed by atoms with Gasteiger partial charge in [0.2, 0.25) is 5.76 Å². The second-order valence-corrected chi connectivity index (χ2v) is 12.1. The van der Waals surface area contributed by atoms with Gasteiger partial charge in [0.1, 0.15) is 5.58 Å².